The Morgan fingerprint density at radius 2 is 2.00 bits per heavy atom. The summed E-state index contributed by atoms with van der Waals surface area (Å²) in [5.41, 5.74) is 0.292. The van der Waals surface area contributed by atoms with Gasteiger partial charge in [0.25, 0.3) is 0 Å². The number of benzene rings is 1. The first-order chi connectivity index (χ1) is 8.61. The summed E-state index contributed by atoms with van der Waals surface area (Å²) in [6.07, 6.45) is 0.0202. The topological polar surface area (TPSA) is 55.8 Å². The van der Waals surface area contributed by atoms with Crippen LogP contribution < -0.4 is 9.47 Å². The van der Waals surface area contributed by atoms with Crippen LogP contribution in [0.4, 0.5) is 0 Å². The Morgan fingerprint density at radius 3 is 2.58 bits per heavy atom. The Balaban J connectivity index is 2.42. The second kappa shape index (κ2) is 4.30. The van der Waals surface area contributed by atoms with Gasteiger partial charge in [-0.05, 0) is 17.7 Å². The third kappa shape index (κ3) is 2.78. The number of ether oxygens (including phenoxy) is 2. The van der Waals surface area contributed by atoms with E-state index in [0.29, 0.717) is 16.5 Å². The summed E-state index contributed by atoms with van der Waals surface area (Å²) < 4.78 is 11.3. The lowest BCUT2D eigenvalue weighted by molar-refractivity contribution is -0.138. The zero-order chi connectivity index (χ0) is 14.4. The third-order valence-electron chi connectivity index (χ3n) is 3.09. The largest absolute Gasteiger partial charge is 0.481 e. The molecule has 19 heavy (non-hydrogen) atoms. The second-order valence-electron chi connectivity index (χ2n) is 5.84. The van der Waals surface area contributed by atoms with E-state index in [2.05, 4.69) is 0 Å². The lowest BCUT2D eigenvalue weighted by Gasteiger charge is -2.23. The monoisotopic (exact) mass is 284 g/mol. The lowest BCUT2D eigenvalue weighted by Crippen LogP contribution is -2.29. The average Bonchev–Trinajstić information content (AvgIpc) is 2.51. The van der Waals surface area contributed by atoms with Crippen LogP contribution in [0.3, 0.4) is 0 Å². The van der Waals surface area contributed by atoms with Crippen LogP contribution in [0.15, 0.2) is 12.1 Å². The van der Waals surface area contributed by atoms with Crippen molar-refractivity contribution in [1.29, 1.82) is 0 Å². The van der Waals surface area contributed by atoms with Crippen LogP contribution in [0.1, 0.15) is 39.7 Å². The van der Waals surface area contributed by atoms with Gasteiger partial charge in [0.15, 0.2) is 11.5 Å². The number of hydrogen-bond acceptors (Lipinski definition) is 3. The summed E-state index contributed by atoms with van der Waals surface area (Å²) in [4.78, 5) is 10.9. The molecule has 0 radical (unpaired) electrons. The molecule has 1 N–H and O–H groups in total. The van der Waals surface area contributed by atoms with Crippen molar-refractivity contribution < 1.29 is 19.4 Å². The highest BCUT2D eigenvalue weighted by Gasteiger charge is 2.35. The van der Waals surface area contributed by atoms with Crippen molar-refractivity contribution in [2.45, 2.75) is 45.3 Å². The Morgan fingerprint density at radius 1 is 1.37 bits per heavy atom. The summed E-state index contributed by atoms with van der Waals surface area (Å²) in [7, 11) is 0. The highest BCUT2D eigenvalue weighted by molar-refractivity contribution is 6.32. The highest BCUT2D eigenvalue weighted by atomic mass is 35.5. The number of carbonyl (C=O) groups is 1. The van der Waals surface area contributed by atoms with Gasteiger partial charge in [-0.25, -0.2) is 0 Å². The average molecular weight is 285 g/mol. The number of fused-ring (bicyclic) bond motifs is 1. The van der Waals surface area contributed by atoms with E-state index in [4.69, 9.17) is 26.2 Å². The molecule has 2 rings (SSSR count). The molecular formula is C14H17ClO4. The molecule has 1 heterocycles. The molecule has 0 aliphatic carbocycles. The van der Waals surface area contributed by atoms with E-state index in [1.807, 2.05) is 13.8 Å². The SMILES string of the molecule is CC1(C)Oc2cc(C(C)(C)CC(=O)O)cc(Cl)c2O1. The number of carboxylic acid groups (broad SMARTS) is 1. The van der Waals surface area contributed by atoms with Gasteiger partial charge >= 0.3 is 5.97 Å². The minimum Gasteiger partial charge on any atom is -0.481 e. The van der Waals surface area contributed by atoms with Gasteiger partial charge in [-0.15, -0.1) is 0 Å². The van der Waals surface area contributed by atoms with Crippen LogP contribution >= 0.6 is 11.6 Å². The Hall–Kier alpha value is -1.42. The quantitative estimate of drug-likeness (QED) is 0.921. The van der Waals surface area contributed by atoms with Gasteiger partial charge in [0.05, 0.1) is 11.4 Å². The molecule has 104 valence electrons. The van der Waals surface area contributed by atoms with E-state index in [1.165, 1.54) is 0 Å². The van der Waals surface area contributed by atoms with Crippen LogP contribution in [-0.4, -0.2) is 16.9 Å². The Bertz CT molecular complexity index is 534. The van der Waals surface area contributed by atoms with E-state index in [1.54, 1.807) is 26.0 Å². The zero-order valence-electron chi connectivity index (χ0n) is 11.4. The summed E-state index contributed by atoms with van der Waals surface area (Å²) in [5, 5.41) is 9.41. The number of carboxylic acids is 1. The van der Waals surface area contributed by atoms with Gasteiger partial charge in [-0.2, -0.15) is 0 Å². The predicted molar refractivity (Wildman–Crippen MR) is 72.1 cm³/mol. The Kier molecular flexibility index (Phi) is 3.17. The predicted octanol–water partition coefficient (Wildman–Crippen LogP) is 3.60. The van der Waals surface area contributed by atoms with Gasteiger partial charge in [0.1, 0.15) is 0 Å². The molecule has 1 aliphatic heterocycles. The molecule has 0 spiro atoms. The molecule has 4 nitrogen and oxygen atoms in total. The molecule has 0 atom stereocenters. The molecule has 0 bridgehead atoms. The van der Waals surface area contributed by atoms with Crippen LogP contribution in [0.2, 0.25) is 5.02 Å². The first-order valence-electron chi connectivity index (χ1n) is 6.05. The molecule has 1 aromatic rings. The maximum absolute atomic E-state index is 10.9. The molecule has 0 aromatic heterocycles. The van der Waals surface area contributed by atoms with Crippen LogP contribution in [-0.2, 0) is 10.2 Å². The summed E-state index contributed by atoms with van der Waals surface area (Å²) in [6, 6.07) is 3.55. The van der Waals surface area contributed by atoms with Crippen molar-refractivity contribution in [3.63, 3.8) is 0 Å². The van der Waals surface area contributed by atoms with E-state index in [0.717, 1.165) is 5.56 Å². The molecule has 0 saturated heterocycles. The maximum Gasteiger partial charge on any atom is 0.304 e. The number of halogens is 1. The first-order valence-corrected chi connectivity index (χ1v) is 6.42. The smallest absolute Gasteiger partial charge is 0.304 e. The fraction of sp³-hybridized carbons (Fsp3) is 0.500. The molecular weight excluding hydrogens is 268 g/mol. The summed E-state index contributed by atoms with van der Waals surface area (Å²) >= 11 is 6.19. The first kappa shape index (κ1) is 14.0. The normalized spacial score (nSPS) is 16.5. The molecule has 0 unspecified atom stereocenters. The summed E-state index contributed by atoms with van der Waals surface area (Å²) in [5.74, 6) is -0.520. The molecule has 1 aromatic carbocycles. The van der Waals surface area contributed by atoms with Gasteiger partial charge in [0, 0.05) is 19.3 Å². The lowest BCUT2D eigenvalue weighted by atomic mass is 9.81. The van der Waals surface area contributed by atoms with E-state index < -0.39 is 17.2 Å². The van der Waals surface area contributed by atoms with Crippen molar-refractivity contribution in [1.82, 2.24) is 0 Å². The van der Waals surface area contributed by atoms with Crippen LogP contribution in [0, 0.1) is 0 Å². The van der Waals surface area contributed by atoms with Gasteiger partial charge < -0.3 is 14.6 Å². The van der Waals surface area contributed by atoms with Crippen molar-refractivity contribution >= 4 is 17.6 Å². The van der Waals surface area contributed by atoms with E-state index in [-0.39, 0.29) is 6.42 Å². The summed E-state index contributed by atoms with van der Waals surface area (Å²) in [6.45, 7) is 7.32. The molecule has 0 fully saturated rings. The minimum absolute atomic E-state index is 0.0202. The van der Waals surface area contributed by atoms with Crippen LogP contribution in [0.25, 0.3) is 0 Å². The number of hydrogen-bond donors (Lipinski definition) is 1. The van der Waals surface area contributed by atoms with Gasteiger partial charge in [0.2, 0.25) is 5.79 Å². The zero-order valence-corrected chi connectivity index (χ0v) is 12.2. The third-order valence-corrected chi connectivity index (χ3v) is 3.37. The maximum atomic E-state index is 10.9. The van der Waals surface area contributed by atoms with Crippen molar-refractivity contribution in [3.8, 4) is 11.5 Å². The fourth-order valence-corrected chi connectivity index (χ4v) is 2.39. The van der Waals surface area contributed by atoms with Gasteiger partial charge in [-0.3, -0.25) is 4.79 Å². The molecule has 0 saturated carbocycles. The minimum atomic E-state index is -0.848. The van der Waals surface area contributed by atoms with E-state index >= 15 is 0 Å². The highest BCUT2D eigenvalue weighted by Crippen LogP contribution is 2.47. The standard InChI is InChI=1S/C14H17ClO4/c1-13(2,7-11(16)17)8-5-9(15)12-10(6-8)18-14(3,4)19-12/h5-6H,7H2,1-4H3,(H,16,17). The Labute approximate surface area is 117 Å². The van der Waals surface area contributed by atoms with Crippen molar-refractivity contribution in [3.05, 3.63) is 22.7 Å². The number of aliphatic carboxylic acids is 1. The van der Waals surface area contributed by atoms with Crippen molar-refractivity contribution in [2.24, 2.45) is 0 Å². The molecule has 1 aliphatic rings. The van der Waals surface area contributed by atoms with Crippen molar-refractivity contribution in [2.75, 3.05) is 0 Å². The molecule has 0 amide bonds. The second-order valence-corrected chi connectivity index (χ2v) is 6.25. The molecule has 5 heteroatoms. The van der Waals surface area contributed by atoms with Crippen LogP contribution in [0.5, 0.6) is 11.5 Å². The fourth-order valence-electron chi connectivity index (χ4n) is 2.15. The van der Waals surface area contributed by atoms with Gasteiger partial charge in [-0.1, -0.05) is 25.4 Å². The van der Waals surface area contributed by atoms with E-state index in [9.17, 15) is 4.79 Å². The number of rotatable bonds is 3.